The van der Waals surface area contributed by atoms with Crippen molar-refractivity contribution < 1.29 is 33.8 Å². The van der Waals surface area contributed by atoms with E-state index in [2.05, 4.69) is 34.4 Å². The Hall–Kier alpha value is -3.51. The van der Waals surface area contributed by atoms with E-state index in [4.69, 9.17) is 21.1 Å². The monoisotopic (exact) mass is 755 g/mol. The first-order valence-corrected chi connectivity index (χ1v) is 17.9. The van der Waals surface area contributed by atoms with Gasteiger partial charge in [-0.2, -0.15) is 0 Å². The van der Waals surface area contributed by atoms with E-state index in [0.29, 0.717) is 30.0 Å². The normalized spacial score (nSPS) is 26.5. The topological polar surface area (TPSA) is 125 Å². The molecule has 8 atom stereocenters. The lowest BCUT2D eigenvalue weighted by Gasteiger charge is -2.39. The minimum Gasteiger partial charge on any atom is -0.463 e. The van der Waals surface area contributed by atoms with E-state index in [-0.39, 0.29) is 31.0 Å². The second-order valence-corrected chi connectivity index (χ2v) is 14.4. The van der Waals surface area contributed by atoms with Gasteiger partial charge in [-0.25, -0.2) is 0 Å². The van der Waals surface area contributed by atoms with Gasteiger partial charge in [-0.15, -0.1) is 13.2 Å². The van der Waals surface area contributed by atoms with Crippen molar-refractivity contribution in [2.24, 2.45) is 11.8 Å². The van der Waals surface area contributed by atoms with Gasteiger partial charge in [0.2, 0.25) is 11.8 Å². The van der Waals surface area contributed by atoms with Crippen molar-refractivity contribution >= 4 is 56.9 Å². The van der Waals surface area contributed by atoms with Crippen LogP contribution in [0, 0.1) is 18.8 Å². The van der Waals surface area contributed by atoms with Crippen molar-refractivity contribution in [1.82, 2.24) is 10.2 Å². The molecule has 262 valence electrons. The molecular weight excluding hydrogens is 714 g/mol. The van der Waals surface area contributed by atoms with Crippen molar-refractivity contribution in [2.45, 2.75) is 74.2 Å². The fourth-order valence-electron chi connectivity index (χ4n) is 7.63. The van der Waals surface area contributed by atoms with E-state index < -0.39 is 65.4 Å². The molecule has 3 amide bonds. The summed E-state index contributed by atoms with van der Waals surface area (Å²) in [7, 11) is 0. The minimum atomic E-state index is -1.37. The van der Waals surface area contributed by atoms with Gasteiger partial charge in [0.25, 0.3) is 5.91 Å². The summed E-state index contributed by atoms with van der Waals surface area (Å²) in [5.74, 6) is -3.73. The quantitative estimate of drug-likeness (QED) is 0.148. The van der Waals surface area contributed by atoms with E-state index >= 15 is 0 Å². The van der Waals surface area contributed by atoms with Gasteiger partial charge in [0.1, 0.15) is 18.2 Å². The van der Waals surface area contributed by atoms with Crippen LogP contribution in [0.4, 0.5) is 5.69 Å². The molecule has 3 heterocycles. The average Bonchev–Trinajstić information content (AvgIpc) is 3.69. The number of para-hydroxylation sites is 1. The summed E-state index contributed by atoms with van der Waals surface area (Å²) in [6, 6.07) is 11.9. The zero-order valence-electron chi connectivity index (χ0n) is 27.7. The number of allylic oxidation sites excluding steroid dienone is 1. The number of ether oxygens (including phenoxy) is 2. The number of amides is 3. The first-order valence-electron chi connectivity index (χ1n) is 16.6. The molecule has 2 aromatic carbocycles. The number of fused-ring (bicyclic) bond motifs is 1. The van der Waals surface area contributed by atoms with E-state index in [0.717, 1.165) is 11.1 Å². The first kappa shape index (κ1) is 36.8. The van der Waals surface area contributed by atoms with Crippen LogP contribution in [0.15, 0.2) is 73.8 Å². The van der Waals surface area contributed by atoms with Gasteiger partial charge in [-0.05, 0) is 43.4 Å². The van der Waals surface area contributed by atoms with Crippen LogP contribution in [0.3, 0.4) is 0 Å². The average molecular weight is 757 g/mol. The number of carbonyl (C=O) groups excluding carboxylic acids is 4. The van der Waals surface area contributed by atoms with Gasteiger partial charge in [0.15, 0.2) is 0 Å². The van der Waals surface area contributed by atoms with E-state index in [1.807, 2.05) is 50.2 Å². The van der Waals surface area contributed by atoms with Crippen molar-refractivity contribution in [3.63, 3.8) is 0 Å². The summed E-state index contributed by atoms with van der Waals surface area (Å²) in [6.45, 7) is 10.8. The Morgan fingerprint density at radius 3 is 2.57 bits per heavy atom. The number of carbonyl (C=O) groups is 4. The number of aliphatic hydroxyl groups excluding tert-OH is 1. The lowest BCUT2D eigenvalue weighted by molar-refractivity contribution is -0.146. The number of hydrogen-bond acceptors (Lipinski definition) is 7. The summed E-state index contributed by atoms with van der Waals surface area (Å²) in [5.41, 5.74) is 0.594. The Morgan fingerprint density at radius 1 is 1.20 bits per heavy atom. The third-order valence-electron chi connectivity index (χ3n) is 9.86. The number of rotatable bonds is 15. The SMILES string of the molecule is C=CCCC(=O)OC[C@@H](NC(=O)[C@@H]1[C@H]2O[C@@]3(CC2Br)[C@H](C(=O)N(CC=C)c2c(C)cccc2Cl)N([C@@H](CC)CO)C(=O)[C@@H]13)c1ccccc1. The highest BCUT2D eigenvalue weighted by Gasteiger charge is 2.77. The smallest absolute Gasteiger partial charge is 0.306 e. The molecule has 49 heavy (non-hydrogen) atoms. The van der Waals surface area contributed by atoms with E-state index in [9.17, 15) is 24.3 Å². The molecule has 3 saturated heterocycles. The molecule has 1 spiro atoms. The van der Waals surface area contributed by atoms with Crippen LogP contribution in [0.1, 0.15) is 49.8 Å². The summed E-state index contributed by atoms with van der Waals surface area (Å²) in [4.78, 5) is 58.9. The Bertz CT molecular complexity index is 1570. The molecule has 2 bridgehead atoms. The van der Waals surface area contributed by atoms with Crippen LogP contribution < -0.4 is 10.2 Å². The fourth-order valence-corrected chi connectivity index (χ4v) is 8.90. The maximum Gasteiger partial charge on any atom is 0.306 e. The van der Waals surface area contributed by atoms with Crippen LogP contribution in [0.2, 0.25) is 5.02 Å². The molecule has 0 radical (unpaired) electrons. The molecule has 0 saturated carbocycles. The number of anilines is 1. The molecule has 2 aromatic rings. The van der Waals surface area contributed by atoms with Crippen LogP contribution in [0.5, 0.6) is 0 Å². The molecule has 1 unspecified atom stereocenters. The highest BCUT2D eigenvalue weighted by Crippen LogP contribution is 2.61. The second kappa shape index (κ2) is 15.6. The van der Waals surface area contributed by atoms with Gasteiger partial charge >= 0.3 is 5.97 Å². The van der Waals surface area contributed by atoms with Gasteiger partial charge in [-0.3, -0.25) is 19.2 Å². The van der Waals surface area contributed by atoms with Crippen molar-refractivity contribution in [3.05, 3.63) is 90.0 Å². The molecule has 10 nitrogen and oxygen atoms in total. The number of nitrogens with zero attached hydrogens (tertiary/aromatic N) is 2. The molecular formula is C37H43BrClN3O7. The number of halogens is 2. The number of benzene rings is 2. The van der Waals surface area contributed by atoms with Crippen LogP contribution >= 0.6 is 27.5 Å². The Morgan fingerprint density at radius 2 is 1.94 bits per heavy atom. The summed E-state index contributed by atoms with van der Waals surface area (Å²) < 4.78 is 12.2. The lowest BCUT2D eigenvalue weighted by Crippen LogP contribution is -2.59. The summed E-state index contributed by atoms with van der Waals surface area (Å²) in [6.07, 6.45) is 3.78. The Kier molecular flexibility index (Phi) is 11.7. The highest BCUT2D eigenvalue weighted by atomic mass is 79.9. The van der Waals surface area contributed by atoms with E-state index in [1.54, 1.807) is 24.3 Å². The van der Waals surface area contributed by atoms with Crippen LogP contribution in [0.25, 0.3) is 0 Å². The lowest BCUT2D eigenvalue weighted by atomic mass is 9.70. The third kappa shape index (κ3) is 6.82. The number of nitrogens with one attached hydrogen (secondary N) is 1. The van der Waals surface area contributed by atoms with Crippen molar-refractivity contribution in [3.8, 4) is 0 Å². The Labute approximate surface area is 300 Å². The van der Waals surface area contributed by atoms with Gasteiger partial charge in [0, 0.05) is 17.8 Å². The summed E-state index contributed by atoms with van der Waals surface area (Å²) in [5, 5.41) is 13.9. The molecule has 12 heteroatoms. The van der Waals surface area contributed by atoms with Gasteiger partial charge in [-0.1, -0.05) is 89.1 Å². The van der Waals surface area contributed by atoms with Crippen molar-refractivity contribution in [2.75, 3.05) is 24.7 Å². The number of aliphatic hydroxyl groups is 1. The number of alkyl halides is 1. The minimum absolute atomic E-state index is 0.105. The van der Waals surface area contributed by atoms with Crippen LogP contribution in [-0.2, 0) is 28.7 Å². The maximum absolute atomic E-state index is 14.9. The second-order valence-electron chi connectivity index (χ2n) is 12.8. The number of esters is 1. The molecule has 0 aromatic heterocycles. The first-order chi connectivity index (χ1) is 23.5. The zero-order valence-corrected chi connectivity index (χ0v) is 30.1. The zero-order chi connectivity index (χ0) is 35.5. The Balaban J connectivity index is 1.53. The molecule has 3 fully saturated rings. The van der Waals surface area contributed by atoms with Gasteiger partial charge in [0.05, 0.1) is 47.3 Å². The molecule has 0 aliphatic carbocycles. The van der Waals surface area contributed by atoms with Crippen molar-refractivity contribution in [1.29, 1.82) is 0 Å². The molecule has 5 rings (SSSR count). The van der Waals surface area contributed by atoms with E-state index in [1.165, 1.54) is 9.80 Å². The summed E-state index contributed by atoms with van der Waals surface area (Å²) >= 11 is 10.4. The van der Waals surface area contributed by atoms with Gasteiger partial charge < -0.3 is 29.7 Å². The number of likely N-dealkylation sites (tertiary alicyclic amines) is 1. The predicted molar refractivity (Wildman–Crippen MR) is 190 cm³/mol. The predicted octanol–water partition coefficient (Wildman–Crippen LogP) is 5.05. The maximum atomic E-state index is 14.9. The molecule has 3 aliphatic heterocycles. The highest BCUT2D eigenvalue weighted by molar-refractivity contribution is 9.09. The molecule has 3 aliphatic rings. The number of aryl methyl sites for hydroxylation is 1. The number of hydrogen-bond donors (Lipinski definition) is 2. The fraction of sp³-hybridized carbons (Fsp3) is 0.459. The third-order valence-corrected chi connectivity index (χ3v) is 11.0. The molecule has 2 N–H and O–H groups in total. The van der Waals surface area contributed by atoms with Crippen LogP contribution in [-0.4, -0.2) is 82.1 Å². The largest absolute Gasteiger partial charge is 0.463 e. The standard InChI is InChI=1S/C37H43BrClN3O7/c1-5-8-17-28(44)48-21-27(23-14-10-9-11-15-23)40-34(45)29-30-35(46)42(24(7-3)20-43)33(37(30)19-25(38)32(29)49-37)36(47)41(18-6-2)31-22(4)13-12-16-26(31)39/h5-6,9-16,24-25,27,29-30,32-33,43H,1-2,7-8,17-21H2,3-4H3,(H,40,45)/t24-,25?,27+,29-,30+,32-,33-,37+/m0/s1.